The fourth-order valence-corrected chi connectivity index (χ4v) is 4.44. The van der Waals surface area contributed by atoms with E-state index in [1.807, 2.05) is 52.0 Å². The number of nitrogens with zero attached hydrogens (tertiary/aromatic N) is 3. The number of hydrogen-bond donors (Lipinski definition) is 0. The zero-order valence-corrected chi connectivity index (χ0v) is 18.9. The first-order valence-corrected chi connectivity index (χ1v) is 11.5. The van der Waals surface area contributed by atoms with Crippen LogP contribution in [0.2, 0.25) is 0 Å². The number of benzene rings is 1. The number of ether oxygens (including phenoxy) is 1. The highest BCUT2D eigenvalue weighted by Gasteiger charge is 2.28. The summed E-state index contributed by atoms with van der Waals surface area (Å²) in [5.74, 6) is 0.824. The van der Waals surface area contributed by atoms with Crippen LogP contribution in [-0.4, -0.2) is 58.6 Å². The molecular formula is C21H27N3O3S2. The van der Waals surface area contributed by atoms with Gasteiger partial charge in [0.05, 0.1) is 10.7 Å². The van der Waals surface area contributed by atoms with Crippen LogP contribution in [0.15, 0.2) is 34.5 Å². The molecule has 29 heavy (non-hydrogen) atoms. The van der Waals surface area contributed by atoms with Crippen molar-refractivity contribution in [3.8, 4) is 0 Å². The van der Waals surface area contributed by atoms with Crippen molar-refractivity contribution in [2.75, 3.05) is 26.2 Å². The third-order valence-electron chi connectivity index (χ3n) is 4.37. The first kappa shape index (κ1) is 21.6. The summed E-state index contributed by atoms with van der Waals surface area (Å²) >= 11 is 3.37. The normalized spacial score (nSPS) is 14.8. The van der Waals surface area contributed by atoms with Gasteiger partial charge in [-0.25, -0.2) is 9.78 Å². The van der Waals surface area contributed by atoms with Crippen LogP contribution in [0.3, 0.4) is 0 Å². The number of rotatable bonds is 4. The van der Waals surface area contributed by atoms with Gasteiger partial charge < -0.3 is 14.5 Å². The van der Waals surface area contributed by atoms with E-state index in [1.165, 1.54) is 0 Å². The Morgan fingerprint density at radius 3 is 2.28 bits per heavy atom. The third kappa shape index (κ3) is 6.21. The minimum Gasteiger partial charge on any atom is -0.444 e. The van der Waals surface area contributed by atoms with E-state index in [4.69, 9.17) is 4.74 Å². The Morgan fingerprint density at radius 1 is 1.10 bits per heavy atom. The summed E-state index contributed by atoms with van der Waals surface area (Å²) < 4.78 is 5.40. The Kier molecular flexibility index (Phi) is 6.85. The number of carbonyl (C=O) groups excluding carboxylic acids is 2. The number of thioether (sulfide) groups is 1. The highest BCUT2D eigenvalue weighted by molar-refractivity contribution is 7.98. The zero-order valence-electron chi connectivity index (χ0n) is 17.3. The van der Waals surface area contributed by atoms with Crippen LogP contribution in [0.4, 0.5) is 4.79 Å². The van der Waals surface area contributed by atoms with E-state index in [0.717, 1.165) is 21.3 Å². The molecule has 6 nitrogen and oxygen atoms in total. The summed E-state index contributed by atoms with van der Waals surface area (Å²) in [5, 5.41) is 3.16. The Bertz CT molecular complexity index is 851. The highest BCUT2D eigenvalue weighted by atomic mass is 32.2. The van der Waals surface area contributed by atoms with Gasteiger partial charge in [-0.15, -0.1) is 23.1 Å². The molecule has 1 aromatic carbocycles. The molecule has 1 aliphatic heterocycles. The maximum Gasteiger partial charge on any atom is 0.410 e. The lowest BCUT2D eigenvalue weighted by atomic mass is 10.2. The predicted octanol–water partition coefficient (Wildman–Crippen LogP) is 4.44. The largest absolute Gasteiger partial charge is 0.444 e. The van der Waals surface area contributed by atoms with Crippen molar-refractivity contribution in [3.63, 3.8) is 0 Å². The van der Waals surface area contributed by atoms with Crippen LogP contribution in [0.5, 0.6) is 0 Å². The van der Waals surface area contributed by atoms with Crippen molar-refractivity contribution in [3.05, 3.63) is 45.9 Å². The van der Waals surface area contributed by atoms with E-state index >= 15 is 0 Å². The van der Waals surface area contributed by atoms with E-state index in [9.17, 15) is 9.59 Å². The number of piperazine rings is 1. The average Bonchev–Trinajstić information content (AvgIpc) is 3.10. The van der Waals surface area contributed by atoms with Gasteiger partial charge in [0.2, 0.25) is 0 Å². The summed E-state index contributed by atoms with van der Waals surface area (Å²) in [4.78, 5) is 34.0. The lowest BCUT2D eigenvalue weighted by molar-refractivity contribution is 0.0141. The highest BCUT2D eigenvalue weighted by Crippen LogP contribution is 2.24. The van der Waals surface area contributed by atoms with Crippen molar-refractivity contribution in [2.24, 2.45) is 0 Å². The molecule has 1 aromatic heterocycles. The van der Waals surface area contributed by atoms with Gasteiger partial charge in [-0.3, -0.25) is 4.79 Å². The van der Waals surface area contributed by atoms with Crippen LogP contribution in [0.1, 0.15) is 41.8 Å². The average molecular weight is 434 g/mol. The molecule has 0 saturated carbocycles. The summed E-state index contributed by atoms with van der Waals surface area (Å²) in [6.07, 6.45) is -0.318. The Hall–Kier alpha value is -2.06. The second-order valence-electron chi connectivity index (χ2n) is 7.93. The fourth-order valence-electron chi connectivity index (χ4n) is 2.93. The first-order chi connectivity index (χ1) is 13.7. The molecular weight excluding hydrogens is 406 g/mol. The summed E-state index contributed by atoms with van der Waals surface area (Å²) in [5.41, 5.74) is 1.24. The van der Waals surface area contributed by atoms with Gasteiger partial charge in [0.25, 0.3) is 5.91 Å². The van der Waals surface area contributed by atoms with E-state index < -0.39 is 5.60 Å². The van der Waals surface area contributed by atoms with E-state index in [0.29, 0.717) is 31.7 Å². The van der Waals surface area contributed by atoms with Crippen molar-refractivity contribution < 1.29 is 14.3 Å². The summed E-state index contributed by atoms with van der Waals surface area (Å²) in [6, 6.07) is 7.70. The van der Waals surface area contributed by atoms with Gasteiger partial charge in [0, 0.05) is 47.8 Å². The van der Waals surface area contributed by atoms with Gasteiger partial charge in [-0.2, -0.15) is 0 Å². The van der Waals surface area contributed by atoms with Gasteiger partial charge in [0.1, 0.15) is 5.60 Å². The molecule has 1 saturated heterocycles. The molecule has 0 N–H and O–H groups in total. The molecule has 1 fully saturated rings. The molecule has 0 radical (unpaired) electrons. The molecule has 0 unspecified atom stereocenters. The standard InChI is InChI=1S/C21H27N3O3S2/c1-15-22-17(13-28-15)14-29-18-7-5-16(6-8-18)19(25)23-9-11-24(12-10-23)20(26)27-21(2,3)4/h5-8,13H,9-12,14H2,1-4H3. The molecule has 1 aliphatic rings. The van der Waals surface area contributed by atoms with Crippen LogP contribution in [-0.2, 0) is 10.5 Å². The number of carbonyl (C=O) groups is 2. The number of aryl methyl sites for hydroxylation is 1. The summed E-state index contributed by atoms with van der Waals surface area (Å²) in [6.45, 7) is 9.56. The van der Waals surface area contributed by atoms with Crippen molar-refractivity contribution in [2.45, 2.75) is 43.9 Å². The van der Waals surface area contributed by atoms with E-state index in [2.05, 4.69) is 10.4 Å². The minimum absolute atomic E-state index is 0.000477. The van der Waals surface area contributed by atoms with Crippen LogP contribution in [0, 0.1) is 6.92 Å². The molecule has 2 amide bonds. The molecule has 3 rings (SSSR count). The second-order valence-corrected chi connectivity index (χ2v) is 10.0. The molecule has 2 heterocycles. The fraction of sp³-hybridized carbons (Fsp3) is 0.476. The van der Waals surface area contributed by atoms with Gasteiger partial charge in [-0.1, -0.05) is 0 Å². The lowest BCUT2D eigenvalue weighted by Crippen LogP contribution is -2.51. The van der Waals surface area contributed by atoms with Crippen LogP contribution in [0.25, 0.3) is 0 Å². The van der Waals surface area contributed by atoms with Crippen molar-refractivity contribution >= 4 is 35.1 Å². The molecule has 0 spiro atoms. The smallest absolute Gasteiger partial charge is 0.410 e. The number of thiazole rings is 1. The maximum atomic E-state index is 12.8. The van der Waals surface area contributed by atoms with Gasteiger partial charge in [-0.05, 0) is 52.0 Å². The SMILES string of the molecule is Cc1nc(CSc2ccc(C(=O)N3CCN(C(=O)OC(C)(C)C)CC3)cc2)cs1. The third-order valence-corrected chi connectivity index (χ3v) is 6.24. The lowest BCUT2D eigenvalue weighted by Gasteiger charge is -2.35. The summed E-state index contributed by atoms with van der Waals surface area (Å²) in [7, 11) is 0. The number of hydrogen-bond acceptors (Lipinski definition) is 6. The Labute approximate surface area is 180 Å². The molecule has 0 atom stereocenters. The van der Waals surface area contributed by atoms with E-state index in [-0.39, 0.29) is 12.0 Å². The van der Waals surface area contributed by atoms with Crippen LogP contribution < -0.4 is 0 Å². The topological polar surface area (TPSA) is 62.7 Å². The van der Waals surface area contributed by atoms with Gasteiger partial charge >= 0.3 is 6.09 Å². The Balaban J connectivity index is 1.50. The Morgan fingerprint density at radius 2 is 1.72 bits per heavy atom. The van der Waals surface area contributed by atoms with Gasteiger partial charge in [0.15, 0.2) is 0 Å². The number of amides is 2. The molecule has 0 bridgehead atoms. The second kappa shape index (κ2) is 9.17. The van der Waals surface area contributed by atoms with E-state index in [1.54, 1.807) is 32.9 Å². The zero-order chi connectivity index (χ0) is 21.0. The minimum atomic E-state index is -0.512. The maximum absolute atomic E-state index is 12.8. The monoisotopic (exact) mass is 433 g/mol. The first-order valence-electron chi connectivity index (χ1n) is 9.62. The number of aromatic nitrogens is 1. The molecule has 2 aromatic rings. The quantitative estimate of drug-likeness (QED) is 0.667. The molecule has 8 heteroatoms. The van der Waals surface area contributed by atoms with Crippen LogP contribution >= 0.6 is 23.1 Å². The van der Waals surface area contributed by atoms with Crippen molar-refractivity contribution in [1.82, 2.24) is 14.8 Å². The molecule has 156 valence electrons. The molecule has 0 aliphatic carbocycles. The predicted molar refractivity (Wildman–Crippen MR) is 117 cm³/mol. The van der Waals surface area contributed by atoms with Crippen molar-refractivity contribution in [1.29, 1.82) is 0 Å².